The van der Waals surface area contributed by atoms with E-state index in [1.54, 1.807) is 0 Å². The molecule has 0 aromatic heterocycles. The lowest BCUT2D eigenvalue weighted by atomic mass is 10.1. The average Bonchev–Trinajstić information content (AvgIpc) is 2.10. The largest absolute Gasteiger partial charge is 0.434 e. The smallest absolute Gasteiger partial charge is 0.387 e. The lowest BCUT2D eigenvalue weighted by Crippen LogP contribution is -2.09. The number of alkyl halides is 2. The normalized spacial score (nSPS) is 10.5. The Labute approximate surface area is 93.3 Å². The molecule has 0 bridgehead atoms. The first kappa shape index (κ1) is 11.9. The van der Waals surface area contributed by atoms with Crippen LogP contribution in [-0.4, -0.2) is 12.4 Å². The van der Waals surface area contributed by atoms with Crippen LogP contribution in [0.25, 0.3) is 0 Å². The molecule has 1 rings (SSSR count). The minimum absolute atomic E-state index is 0.0373. The highest BCUT2D eigenvalue weighted by molar-refractivity contribution is 9.10. The summed E-state index contributed by atoms with van der Waals surface area (Å²) in [6.45, 7) is -1.75. The summed E-state index contributed by atoms with van der Waals surface area (Å²) in [5.74, 6) is -0.636. The number of ether oxygens (including phenoxy) is 1. The van der Waals surface area contributed by atoms with E-state index in [0.717, 1.165) is 0 Å². The van der Waals surface area contributed by atoms with Crippen molar-refractivity contribution < 1.29 is 18.3 Å². The average molecular weight is 280 g/mol. The summed E-state index contributed by atoms with van der Waals surface area (Å²) in [4.78, 5) is 11.2. The third kappa shape index (κ3) is 2.65. The zero-order chi connectivity index (χ0) is 11.6. The van der Waals surface area contributed by atoms with Gasteiger partial charge in [-0.1, -0.05) is 0 Å². The number of nitrogen functional groups attached to an aromatic ring is 1. The van der Waals surface area contributed by atoms with E-state index in [2.05, 4.69) is 20.7 Å². The molecule has 15 heavy (non-hydrogen) atoms. The van der Waals surface area contributed by atoms with Crippen LogP contribution in [0, 0.1) is 0 Å². The van der Waals surface area contributed by atoms with Crippen molar-refractivity contribution in [3.63, 3.8) is 0 Å². The van der Waals surface area contributed by atoms with Gasteiger partial charge in [0.2, 0.25) is 0 Å². The quantitative estimate of drug-likeness (QED) is 0.684. The van der Waals surface area contributed by atoms with Crippen molar-refractivity contribution in [2.45, 2.75) is 13.5 Å². The molecule has 0 aliphatic rings. The van der Waals surface area contributed by atoms with Crippen molar-refractivity contribution in [2.75, 3.05) is 5.73 Å². The van der Waals surface area contributed by atoms with Crippen LogP contribution in [0.1, 0.15) is 17.3 Å². The van der Waals surface area contributed by atoms with E-state index in [1.807, 2.05) is 0 Å². The molecular formula is C9H8BrF2NO2. The molecule has 1 aromatic carbocycles. The van der Waals surface area contributed by atoms with Gasteiger partial charge in [0.25, 0.3) is 0 Å². The lowest BCUT2D eigenvalue weighted by molar-refractivity contribution is -0.0500. The van der Waals surface area contributed by atoms with Gasteiger partial charge in [0.05, 0.1) is 11.3 Å². The highest BCUT2D eigenvalue weighted by atomic mass is 79.9. The standard InChI is InChI=1S/C9H8BrF2NO2/c1-4(14)7-6(15-9(11)12)3-2-5(10)8(7)13/h2-3,9H,13H2,1H3. The maximum Gasteiger partial charge on any atom is 0.387 e. The molecular weight excluding hydrogens is 272 g/mol. The number of anilines is 1. The van der Waals surface area contributed by atoms with Gasteiger partial charge < -0.3 is 10.5 Å². The first-order valence-electron chi connectivity index (χ1n) is 3.97. The number of halogens is 3. The van der Waals surface area contributed by atoms with Gasteiger partial charge in [-0.2, -0.15) is 8.78 Å². The van der Waals surface area contributed by atoms with E-state index in [1.165, 1.54) is 19.1 Å². The summed E-state index contributed by atoms with van der Waals surface area (Å²) in [6, 6.07) is 2.71. The van der Waals surface area contributed by atoms with Gasteiger partial charge in [-0.15, -0.1) is 0 Å². The second-order valence-electron chi connectivity index (χ2n) is 2.77. The van der Waals surface area contributed by atoms with Crippen LogP contribution in [0.2, 0.25) is 0 Å². The Hall–Kier alpha value is -1.17. The predicted molar refractivity (Wildman–Crippen MR) is 55.2 cm³/mol. The number of hydrogen-bond donors (Lipinski definition) is 1. The molecule has 1 aromatic rings. The summed E-state index contributed by atoms with van der Waals surface area (Å²) >= 11 is 3.09. The van der Waals surface area contributed by atoms with Crippen molar-refractivity contribution in [3.8, 4) is 5.75 Å². The first-order chi connectivity index (χ1) is 6.93. The molecule has 2 N–H and O–H groups in total. The summed E-state index contributed by atoms with van der Waals surface area (Å²) in [6.07, 6.45) is 0. The number of benzene rings is 1. The van der Waals surface area contributed by atoms with Crippen molar-refractivity contribution in [2.24, 2.45) is 0 Å². The van der Waals surface area contributed by atoms with Crippen LogP contribution in [0.5, 0.6) is 5.75 Å². The monoisotopic (exact) mass is 279 g/mol. The highest BCUT2D eigenvalue weighted by Gasteiger charge is 2.17. The molecule has 0 aliphatic heterocycles. The Balaban J connectivity index is 3.27. The van der Waals surface area contributed by atoms with E-state index in [0.29, 0.717) is 4.47 Å². The van der Waals surface area contributed by atoms with Crippen molar-refractivity contribution in [3.05, 3.63) is 22.2 Å². The van der Waals surface area contributed by atoms with Crippen LogP contribution in [0.15, 0.2) is 16.6 Å². The fourth-order valence-corrected chi connectivity index (χ4v) is 1.46. The second kappa shape index (κ2) is 4.57. The molecule has 0 heterocycles. The predicted octanol–water partition coefficient (Wildman–Crippen LogP) is 2.84. The van der Waals surface area contributed by atoms with Gasteiger partial charge in [0.15, 0.2) is 5.78 Å². The molecule has 0 saturated heterocycles. The van der Waals surface area contributed by atoms with Crippen LogP contribution in [0.4, 0.5) is 14.5 Å². The minimum atomic E-state index is -2.98. The van der Waals surface area contributed by atoms with E-state index in [9.17, 15) is 13.6 Å². The molecule has 0 aliphatic carbocycles. The van der Waals surface area contributed by atoms with Crippen LogP contribution in [0.3, 0.4) is 0 Å². The molecule has 3 nitrogen and oxygen atoms in total. The van der Waals surface area contributed by atoms with Crippen LogP contribution in [-0.2, 0) is 0 Å². The SMILES string of the molecule is CC(=O)c1c(OC(F)F)ccc(Br)c1N. The number of nitrogens with two attached hydrogens (primary N) is 1. The summed E-state index contributed by atoms with van der Waals surface area (Å²) in [7, 11) is 0. The van der Waals surface area contributed by atoms with E-state index in [4.69, 9.17) is 5.73 Å². The van der Waals surface area contributed by atoms with Crippen LogP contribution < -0.4 is 10.5 Å². The third-order valence-electron chi connectivity index (χ3n) is 1.72. The number of rotatable bonds is 3. The summed E-state index contributed by atoms with van der Waals surface area (Å²) in [5, 5.41) is 0. The molecule has 0 radical (unpaired) electrons. The second-order valence-corrected chi connectivity index (χ2v) is 3.62. The summed E-state index contributed by atoms with van der Waals surface area (Å²) in [5.41, 5.74) is 5.63. The van der Waals surface area contributed by atoms with Gasteiger partial charge in [-0.25, -0.2) is 0 Å². The first-order valence-corrected chi connectivity index (χ1v) is 4.76. The molecule has 82 valence electrons. The Morgan fingerprint density at radius 3 is 2.60 bits per heavy atom. The Bertz CT molecular complexity index is 396. The van der Waals surface area contributed by atoms with Gasteiger partial charge in [-0.05, 0) is 35.0 Å². The fourth-order valence-electron chi connectivity index (χ4n) is 1.13. The lowest BCUT2D eigenvalue weighted by Gasteiger charge is -2.11. The summed E-state index contributed by atoms with van der Waals surface area (Å²) < 4.78 is 28.7. The van der Waals surface area contributed by atoms with Gasteiger partial charge in [0, 0.05) is 4.47 Å². The number of carbonyl (C=O) groups excluding carboxylic acids is 1. The number of carbonyl (C=O) groups is 1. The molecule has 0 spiro atoms. The maximum absolute atomic E-state index is 12.0. The zero-order valence-corrected chi connectivity index (χ0v) is 9.35. The van der Waals surface area contributed by atoms with Gasteiger partial charge in [0.1, 0.15) is 5.75 Å². The topological polar surface area (TPSA) is 52.3 Å². The van der Waals surface area contributed by atoms with Crippen molar-refractivity contribution in [1.29, 1.82) is 0 Å². The van der Waals surface area contributed by atoms with E-state index in [-0.39, 0.29) is 17.0 Å². The molecule has 0 fully saturated rings. The zero-order valence-electron chi connectivity index (χ0n) is 7.76. The molecule has 0 saturated carbocycles. The van der Waals surface area contributed by atoms with Gasteiger partial charge >= 0.3 is 6.61 Å². The number of hydrogen-bond acceptors (Lipinski definition) is 3. The van der Waals surface area contributed by atoms with Crippen molar-refractivity contribution in [1.82, 2.24) is 0 Å². The molecule has 0 atom stereocenters. The third-order valence-corrected chi connectivity index (χ3v) is 2.41. The molecule has 0 unspecified atom stereocenters. The van der Waals surface area contributed by atoms with Crippen molar-refractivity contribution >= 4 is 27.4 Å². The molecule has 6 heteroatoms. The highest BCUT2D eigenvalue weighted by Crippen LogP contribution is 2.32. The molecule has 0 amide bonds. The van der Waals surface area contributed by atoms with Gasteiger partial charge in [-0.3, -0.25) is 4.79 Å². The number of Topliss-reactive ketones (excluding diaryl/α,β-unsaturated/α-hetero) is 1. The number of ketones is 1. The Kier molecular flexibility index (Phi) is 3.62. The Morgan fingerprint density at radius 2 is 2.13 bits per heavy atom. The van der Waals surface area contributed by atoms with Crippen LogP contribution >= 0.6 is 15.9 Å². The van der Waals surface area contributed by atoms with E-state index >= 15 is 0 Å². The fraction of sp³-hybridized carbons (Fsp3) is 0.222. The Morgan fingerprint density at radius 1 is 1.53 bits per heavy atom. The minimum Gasteiger partial charge on any atom is -0.434 e. The van der Waals surface area contributed by atoms with E-state index < -0.39 is 12.4 Å². The maximum atomic E-state index is 12.0.